The van der Waals surface area contributed by atoms with Gasteiger partial charge in [-0.05, 0) is 48.4 Å². The van der Waals surface area contributed by atoms with Crippen LogP contribution in [0.3, 0.4) is 0 Å². The van der Waals surface area contributed by atoms with Crippen molar-refractivity contribution in [3.8, 4) is 11.5 Å². The first-order valence-corrected chi connectivity index (χ1v) is 9.80. The van der Waals surface area contributed by atoms with E-state index in [0.717, 1.165) is 24.9 Å². The summed E-state index contributed by atoms with van der Waals surface area (Å²) in [4.78, 5) is 12.4. The van der Waals surface area contributed by atoms with Crippen LogP contribution >= 0.6 is 0 Å². The monoisotopic (exact) mass is 375 g/mol. The second-order valence-electron chi connectivity index (χ2n) is 7.82. The van der Waals surface area contributed by atoms with Crippen molar-refractivity contribution in [2.24, 2.45) is 16.9 Å². The normalized spacial score (nSPS) is 17.1. The molecule has 1 fully saturated rings. The number of benzene rings is 1. The predicted molar refractivity (Wildman–Crippen MR) is 108 cm³/mol. The second-order valence-corrected chi connectivity index (χ2v) is 7.82. The Morgan fingerprint density at radius 2 is 2.07 bits per heavy atom. The van der Waals surface area contributed by atoms with Crippen LogP contribution in [0.5, 0.6) is 11.5 Å². The number of rotatable bonds is 9. The third-order valence-electron chi connectivity index (χ3n) is 4.33. The number of carbonyl (C=O) groups is 1. The van der Waals surface area contributed by atoms with Crippen LogP contribution in [0.15, 0.2) is 23.3 Å². The Hall–Kier alpha value is -2.24. The van der Waals surface area contributed by atoms with Crippen LogP contribution in [0.1, 0.15) is 46.1 Å². The summed E-state index contributed by atoms with van der Waals surface area (Å²) in [5, 5.41) is 9.46. The Kier molecular flexibility index (Phi) is 7.95. The Labute approximate surface area is 162 Å². The molecule has 2 rings (SSSR count). The van der Waals surface area contributed by atoms with Crippen LogP contribution in [0.25, 0.3) is 0 Å². The fourth-order valence-electron chi connectivity index (χ4n) is 2.86. The van der Waals surface area contributed by atoms with E-state index in [4.69, 9.17) is 9.47 Å². The number of methoxy groups -OCH3 is 1. The summed E-state index contributed by atoms with van der Waals surface area (Å²) in [6, 6.07) is 5.56. The van der Waals surface area contributed by atoms with E-state index in [1.165, 1.54) is 0 Å². The van der Waals surface area contributed by atoms with Gasteiger partial charge in [-0.2, -0.15) is 5.10 Å². The average molecular weight is 376 g/mol. The summed E-state index contributed by atoms with van der Waals surface area (Å²) in [5.41, 5.74) is 0.919. The summed E-state index contributed by atoms with van der Waals surface area (Å²) < 4.78 is 11.2. The fourth-order valence-corrected chi connectivity index (χ4v) is 2.86. The maximum atomic E-state index is 12.4. The summed E-state index contributed by atoms with van der Waals surface area (Å²) in [6.07, 6.45) is 3.60. The molecule has 1 aliphatic heterocycles. The van der Waals surface area contributed by atoms with E-state index in [9.17, 15) is 4.79 Å². The summed E-state index contributed by atoms with van der Waals surface area (Å²) in [7, 11) is 1.63. The highest BCUT2D eigenvalue weighted by Gasteiger charge is 2.29. The van der Waals surface area contributed by atoms with Crippen molar-refractivity contribution in [3.63, 3.8) is 0 Å². The Bertz CT molecular complexity index is 644. The molecular weight excluding hydrogens is 342 g/mol. The quantitative estimate of drug-likeness (QED) is 0.673. The van der Waals surface area contributed by atoms with Crippen molar-refractivity contribution in [1.82, 2.24) is 10.3 Å². The molecule has 1 atom stereocenters. The smallest absolute Gasteiger partial charge is 0.244 e. The van der Waals surface area contributed by atoms with Crippen molar-refractivity contribution >= 4 is 12.1 Å². The standard InChI is InChI=1S/C21H33N3O3/c1-15(2)12-22-21(25)18-7-6-10-24(18)23-13-17-8-9-19(26-5)20(11-17)27-14-16(3)4/h8-9,11,13,15-16,18H,6-7,10,12,14H2,1-5H3,(H,22,25)/b23-13+/t18-/m0/s1. The molecule has 27 heavy (non-hydrogen) atoms. The molecule has 0 saturated carbocycles. The minimum absolute atomic E-state index is 0.0639. The predicted octanol–water partition coefficient (Wildman–Crippen LogP) is 3.30. The van der Waals surface area contributed by atoms with Gasteiger partial charge in [0.15, 0.2) is 11.5 Å². The molecule has 0 aromatic heterocycles. The van der Waals surface area contributed by atoms with Crippen molar-refractivity contribution in [2.45, 2.75) is 46.6 Å². The molecule has 6 nitrogen and oxygen atoms in total. The molecule has 1 amide bonds. The zero-order valence-electron chi connectivity index (χ0n) is 17.2. The molecule has 150 valence electrons. The van der Waals surface area contributed by atoms with Crippen molar-refractivity contribution < 1.29 is 14.3 Å². The topological polar surface area (TPSA) is 63.2 Å². The van der Waals surface area contributed by atoms with Gasteiger partial charge in [0.05, 0.1) is 19.9 Å². The highest BCUT2D eigenvalue weighted by molar-refractivity contribution is 5.83. The van der Waals surface area contributed by atoms with Crippen LogP contribution in [-0.4, -0.2) is 50.0 Å². The maximum Gasteiger partial charge on any atom is 0.244 e. The van der Waals surface area contributed by atoms with E-state index in [2.05, 4.69) is 38.1 Å². The van der Waals surface area contributed by atoms with Gasteiger partial charge in [-0.3, -0.25) is 9.80 Å². The average Bonchev–Trinajstić information content (AvgIpc) is 3.11. The van der Waals surface area contributed by atoms with Crippen molar-refractivity contribution in [1.29, 1.82) is 0 Å². The van der Waals surface area contributed by atoms with Gasteiger partial charge >= 0.3 is 0 Å². The first-order valence-electron chi connectivity index (χ1n) is 9.80. The van der Waals surface area contributed by atoms with Gasteiger partial charge in [0.2, 0.25) is 5.91 Å². The molecule has 1 aromatic carbocycles. The number of hydrogen-bond acceptors (Lipinski definition) is 5. The highest BCUT2D eigenvalue weighted by atomic mass is 16.5. The molecule has 1 N–H and O–H groups in total. The van der Waals surface area contributed by atoms with Gasteiger partial charge in [0.1, 0.15) is 6.04 Å². The Balaban J connectivity index is 2.05. The van der Waals surface area contributed by atoms with E-state index in [0.29, 0.717) is 36.5 Å². The third-order valence-corrected chi connectivity index (χ3v) is 4.33. The number of ether oxygens (including phenoxy) is 2. The molecule has 0 spiro atoms. The maximum absolute atomic E-state index is 12.4. The Morgan fingerprint density at radius 1 is 1.30 bits per heavy atom. The van der Waals surface area contributed by atoms with Crippen LogP contribution in [-0.2, 0) is 4.79 Å². The molecule has 1 saturated heterocycles. The van der Waals surface area contributed by atoms with E-state index in [1.807, 2.05) is 23.2 Å². The molecule has 0 aliphatic carbocycles. The molecule has 0 radical (unpaired) electrons. The van der Waals surface area contributed by atoms with Gasteiger partial charge in [0.25, 0.3) is 0 Å². The van der Waals surface area contributed by atoms with E-state index < -0.39 is 0 Å². The molecule has 0 unspecified atom stereocenters. The van der Waals surface area contributed by atoms with Gasteiger partial charge in [0, 0.05) is 13.1 Å². The molecule has 0 bridgehead atoms. The lowest BCUT2D eigenvalue weighted by atomic mass is 10.2. The van der Waals surface area contributed by atoms with Crippen LogP contribution in [0.2, 0.25) is 0 Å². The minimum Gasteiger partial charge on any atom is -0.493 e. The van der Waals surface area contributed by atoms with Gasteiger partial charge in [-0.15, -0.1) is 0 Å². The minimum atomic E-state index is -0.185. The van der Waals surface area contributed by atoms with Crippen molar-refractivity contribution in [2.75, 3.05) is 26.8 Å². The van der Waals surface area contributed by atoms with Gasteiger partial charge in [-0.1, -0.05) is 27.7 Å². The van der Waals surface area contributed by atoms with Gasteiger partial charge < -0.3 is 14.8 Å². The van der Waals surface area contributed by atoms with E-state index >= 15 is 0 Å². The first kappa shape index (κ1) is 21.1. The molecule has 1 aromatic rings. The third kappa shape index (κ3) is 6.45. The zero-order chi connectivity index (χ0) is 19.8. The molecule has 1 aliphatic rings. The lowest BCUT2D eigenvalue weighted by Crippen LogP contribution is -2.42. The molecule has 1 heterocycles. The zero-order valence-corrected chi connectivity index (χ0v) is 17.2. The number of amides is 1. The number of nitrogens with zero attached hydrogens (tertiary/aromatic N) is 2. The van der Waals surface area contributed by atoms with Crippen LogP contribution in [0.4, 0.5) is 0 Å². The summed E-state index contributed by atoms with van der Waals surface area (Å²) >= 11 is 0. The van der Waals surface area contributed by atoms with Crippen molar-refractivity contribution in [3.05, 3.63) is 23.8 Å². The highest BCUT2D eigenvalue weighted by Crippen LogP contribution is 2.28. The van der Waals surface area contributed by atoms with E-state index in [1.54, 1.807) is 13.3 Å². The summed E-state index contributed by atoms with van der Waals surface area (Å²) in [5.74, 6) is 2.36. The number of carbonyl (C=O) groups excluding carboxylic acids is 1. The van der Waals surface area contributed by atoms with Crippen LogP contribution in [0, 0.1) is 11.8 Å². The fraction of sp³-hybridized carbons (Fsp3) is 0.619. The SMILES string of the molecule is COc1ccc(/C=N/N2CCC[C@H]2C(=O)NCC(C)C)cc1OCC(C)C. The van der Waals surface area contributed by atoms with E-state index in [-0.39, 0.29) is 11.9 Å². The second kappa shape index (κ2) is 10.2. The number of nitrogens with one attached hydrogen (secondary N) is 1. The molecular formula is C21H33N3O3. The lowest BCUT2D eigenvalue weighted by Gasteiger charge is -2.21. The lowest BCUT2D eigenvalue weighted by molar-refractivity contribution is -0.125. The number of hydrazone groups is 1. The first-order chi connectivity index (χ1) is 12.9. The largest absolute Gasteiger partial charge is 0.493 e. The summed E-state index contributed by atoms with van der Waals surface area (Å²) in [6.45, 7) is 10.5. The Morgan fingerprint density at radius 3 is 2.74 bits per heavy atom. The number of hydrogen-bond donors (Lipinski definition) is 1. The molecule has 6 heteroatoms. The van der Waals surface area contributed by atoms with Gasteiger partial charge in [-0.25, -0.2) is 0 Å². The van der Waals surface area contributed by atoms with Crippen LogP contribution < -0.4 is 14.8 Å².